The van der Waals surface area contributed by atoms with E-state index in [1.165, 1.54) is 7.11 Å². The van der Waals surface area contributed by atoms with Gasteiger partial charge in [0.2, 0.25) is 0 Å². The Labute approximate surface area is 156 Å². The van der Waals surface area contributed by atoms with E-state index in [1.807, 2.05) is 44.2 Å². The molecule has 146 valence electrons. The number of amides is 1. The van der Waals surface area contributed by atoms with Gasteiger partial charge in [-0.2, -0.15) is 0 Å². The number of hydrogen-bond acceptors (Lipinski definition) is 4. The second kappa shape index (κ2) is 8.98. The third-order valence-corrected chi connectivity index (χ3v) is 5.63. The summed E-state index contributed by atoms with van der Waals surface area (Å²) in [4.78, 5) is 13.1. The van der Waals surface area contributed by atoms with Crippen molar-refractivity contribution in [3.05, 3.63) is 35.9 Å². The second-order valence-corrected chi connectivity index (χ2v) is 8.05. The number of ether oxygens (including phenoxy) is 1. The maximum Gasteiger partial charge on any atom is 0.252 e. The topological polar surface area (TPSA) is 78.8 Å². The number of methoxy groups -OCH3 is 1. The first-order valence-electron chi connectivity index (χ1n) is 9.54. The fraction of sp³-hybridized carbons (Fsp3) is 0.667. The van der Waals surface area contributed by atoms with Gasteiger partial charge in [0.1, 0.15) is 11.7 Å². The lowest BCUT2D eigenvalue weighted by Crippen LogP contribution is -2.59. The molecule has 1 aromatic carbocycles. The van der Waals surface area contributed by atoms with Crippen LogP contribution in [0.5, 0.6) is 0 Å². The van der Waals surface area contributed by atoms with Crippen molar-refractivity contribution in [3.8, 4) is 0 Å². The molecule has 5 heteroatoms. The summed E-state index contributed by atoms with van der Waals surface area (Å²) in [5, 5.41) is 24.8. The molecule has 5 atom stereocenters. The maximum atomic E-state index is 13.1. The molecule has 5 nitrogen and oxygen atoms in total. The Morgan fingerprint density at radius 3 is 2.54 bits per heavy atom. The minimum Gasteiger partial charge on any atom is -0.386 e. The quantitative estimate of drug-likeness (QED) is 0.696. The monoisotopic (exact) mass is 363 g/mol. The van der Waals surface area contributed by atoms with E-state index in [0.717, 1.165) is 12.8 Å². The molecule has 0 radical (unpaired) electrons. The zero-order chi connectivity index (χ0) is 19.3. The van der Waals surface area contributed by atoms with E-state index >= 15 is 0 Å². The molecule has 1 aliphatic rings. The van der Waals surface area contributed by atoms with Crippen molar-refractivity contribution in [2.24, 2.45) is 17.8 Å². The van der Waals surface area contributed by atoms with E-state index in [2.05, 4.69) is 12.2 Å². The highest BCUT2D eigenvalue weighted by atomic mass is 16.5. The molecule has 1 amide bonds. The highest BCUT2D eigenvalue weighted by Crippen LogP contribution is 2.41. The SMILES string of the molecule is COC[C@H](NC(=O)[C@]1(O)C[C@H](C)CC[C@H]1C(C)C)[C@H](O)c1ccccc1. The second-order valence-electron chi connectivity index (χ2n) is 8.05. The van der Waals surface area contributed by atoms with E-state index < -0.39 is 23.7 Å². The summed E-state index contributed by atoms with van der Waals surface area (Å²) >= 11 is 0. The van der Waals surface area contributed by atoms with Gasteiger partial charge in [-0.3, -0.25) is 4.79 Å². The van der Waals surface area contributed by atoms with Gasteiger partial charge in [-0.05, 0) is 36.2 Å². The van der Waals surface area contributed by atoms with Gasteiger partial charge >= 0.3 is 0 Å². The molecule has 2 rings (SSSR count). The lowest BCUT2D eigenvalue weighted by Gasteiger charge is -2.44. The molecule has 0 bridgehead atoms. The minimum atomic E-state index is -1.41. The van der Waals surface area contributed by atoms with Crippen LogP contribution in [0.4, 0.5) is 0 Å². The van der Waals surface area contributed by atoms with Crippen LogP contribution < -0.4 is 5.32 Å². The predicted octanol–water partition coefficient (Wildman–Crippen LogP) is 2.67. The van der Waals surface area contributed by atoms with Crippen molar-refractivity contribution >= 4 is 5.91 Å². The minimum absolute atomic E-state index is 0.0873. The van der Waals surface area contributed by atoms with Crippen LogP contribution in [0.3, 0.4) is 0 Å². The summed E-state index contributed by atoms with van der Waals surface area (Å²) in [7, 11) is 1.53. The van der Waals surface area contributed by atoms with Crippen molar-refractivity contribution in [3.63, 3.8) is 0 Å². The molecule has 26 heavy (non-hydrogen) atoms. The van der Waals surface area contributed by atoms with Crippen LogP contribution in [0.25, 0.3) is 0 Å². The van der Waals surface area contributed by atoms with Crippen LogP contribution in [0, 0.1) is 17.8 Å². The van der Waals surface area contributed by atoms with E-state index in [1.54, 1.807) is 0 Å². The average molecular weight is 363 g/mol. The average Bonchev–Trinajstić information content (AvgIpc) is 2.61. The maximum absolute atomic E-state index is 13.1. The Kier molecular flexibility index (Phi) is 7.21. The third kappa shape index (κ3) is 4.64. The summed E-state index contributed by atoms with van der Waals surface area (Å²) in [6.45, 7) is 6.33. The zero-order valence-corrected chi connectivity index (χ0v) is 16.3. The van der Waals surface area contributed by atoms with Gasteiger partial charge in [0.15, 0.2) is 0 Å². The first-order valence-corrected chi connectivity index (χ1v) is 9.54. The van der Waals surface area contributed by atoms with Crippen molar-refractivity contribution in [1.29, 1.82) is 0 Å². The molecule has 1 aromatic rings. The number of aliphatic hydroxyl groups is 2. The lowest BCUT2D eigenvalue weighted by atomic mass is 9.66. The number of aliphatic hydroxyl groups excluding tert-OH is 1. The molecule has 0 unspecified atom stereocenters. The highest BCUT2D eigenvalue weighted by molar-refractivity contribution is 5.85. The molecule has 0 spiro atoms. The number of rotatable bonds is 7. The molecular weight excluding hydrogens is 330 g/mol. The Hall–Kier alpha value is -1.43. The van der Waals surface area contributed by atoms with Crippen LogP contribution in [-0.4, -0.2) is 41.5 Å². The molecular formula is C21H33NO4. The summed E-state index contributed by atoms with van der Waals surface area (Å²) in [6.07, 6.45) is 1.40. The largest absolute Gasteiger partial charge is 0.386 e. The van der Waals surface area contributed by atoms with Crippen molar-refractivity contribution in [2.45, 2.75) is 57.8 Å². The van der Waals surface area contributed by atoms with Gasteiger partial charge in [-0.15, -0.1) is 0 Å². The molecule has 0 saturated heterocycles. The van der Waals surface area contributed by atoms with E-state index in [-0.39, 0.29) is 18.4 Å². The normalized spacial score (nSPS) is 28.6. The summed E-state index contributed by atoms with van der Waals surface area (Å²) in [5.74, 6) is 0.00869. The van der Waals surface area contributed by atoms with Crippen LogP contribution in [0.15, 0.2) is 30.3 Å². The first-order chi connectivity index (χ1) is 12.3. The number of carbonyl (C=O) groups excluding carboxylic acids is 1. The van der Waals surface area contributed by atoms with Crippen molar-refractivity contribution in [1.82, 2.24) is 5.32 Å². The first kappa shape index (κ1) is 20.9. The van der Waals surface area contributed by atoms with E-state index in [4.69, 9.17) is 4.74 Å². The smallest absolute Gasteiger partial charge is 0.252 e. The standard InChI is InChI=1S/C21H33NO4/c1-14(2)17-11-10-15(3)12-21(17,25)20(24)22-18(13-26-4)19(23)16-8-6-5-7-9-16/h5-9,14-15,17-19,23,25H,10-13H2,1-4H3,(H,22,24)/t15-,17+,18+,19-,21+/m1/s1. The van der Waals surface area contributed by atoms with Crippen LogP contribution in [0.2, 0.25) is 0 Å². The van der Waals surface area contributed by atoms with Crippen molar-refractivity contribution < 1.29 is 19.7 Å². The van der Waals surface area contributed by atoms with E-state index in [9.17, 15) is 15.0 Å². The van der Waals surface area contributed by atoms with Gasteiger partial charge in [-0.25, -0.2) is 0 Å². The molecule has 1 fully saturated rings. The molecule has 1 saturated carbocycles. The number of hydrogen-bond donors (Lipinski definition) is 3. The summed E-state index contributed by atoms with van der Waals surface area (Å²) in [5.41, 5.74) is -0.701. The van der Waals surface area contributed by atoms with Gasteiger partial charge in [0, 0.05) is 7.11 Å². The lowest BCUT2D eigenvalue weighted by molar-refractivity contribution is -0.158. The van der Waals surface area contributed by atoms with Gasteiger partial charge in [0.05, 0.1) is 12.6 Å². The molecule has 1 aliphatic carbocycles. The summed E-state index contributed by atoms with van der Waals surface area (Å²) < 4.78 is 5.21. The molecule has 0 aliphatic heterocycles. The van der Waals surface area contributed by atoms with Gasteiger partial charge in [-0.1, -0.05) is 57.5 Å². The van der Waals surface area contributed by atoms with Crippen LogP contribution >= 0.6 is 0 Å². The fourth-order valence-electron chi connectivity index (χ4n) is 4.20. The Morgan fingerprint density at radius 1 is 1.31 bits per heavy atom. The van der Waals surface area contributed by atoms with Crippen molar-refractivity contribution in [2.75, 3.05) is 13.7 Å². The Morgan fingerprint density at radius 2 is 1.96 bits per heavy atom. The van der Waals surface area contributed by atoms with Gasteiger partial charge in [0.25, 0.3) is 5.91 Å². The van der Waals surface area contributed by atoms with Crippen LogP contribution in [-0.2, 0) is 9.53 Å². The summed E-state index contributed by atoms with van der Waals surface area (Å²) in [6, 6.07) is 8.57. The number of benzene rings is 1. The Balaban J connectivity index is 2.19. The molecule has 3 N–H and O–H groups in total. The number of nitrogens with one attached hydrogen (secondary N) is 1. The van der Waals surface area contributed by atoms with Gasteiger partial charge < -0.3 is 20.3 Å². The fourth-order valence-corrected chi connectivity index (χ4v) is 4.20. The molecule has 0 heterocycles. The van der Waals surface area contributed by atoms with E-state index in [0.29, 0.717) is 17.9 Å². The van der Waals surface area contributed by atoms with Crippen LogP contribution in [0.1, 0.15) is 51.7 Å². The zero-order valence-electron chi connectivity index (χ0n) is 16.3. The third-order valence-electron chi connectivity index (χ3n) is 5.63. The molecule has 0 aromatic heterocycles. The number of carbonyl (C=O) groups is 1. The predicted molar refractivity (Wildman–Crippen MR) is 102 cm³/mol. The highest BCUT2D eigenvalue weighted by Gasteiger charge is 2.49. The Bertz CT molecular complexity index is 577.